The Hall–Kier alpha value is -1.69. The summed E-state index contributed by atoms with van der Waals surface area (Å²) in [5, 5.41) is 9.57. The van der Waals surface area contributed by atoms with Crippen LogP contribution in [0.2, 0.25) is 0 Å². The average Bonchev–Trinajstić information content (AvgIpc) is 3.05. The molecule has 124 valence electrons. The van der Waals surface area contributed by atoms with Gasteiger partial charge in [-0.05, 0) is 31.5 Å². The lowest BCUT2D eigenvalue weighted by Gasteiger charge is -2.40. The van der Waals surface area contributed by atoms with Crippen LogP contribution in [-0.2, 0) is 6.54 Å². The SMILES string of the molecule is C[C@@H]1CN(Cc2ccc(-n3ccnc3)cc2)CCN1C[C@@H](C)O. The largest absolute Gasteiger partial charge is 0.392 e. The van der Waals surface area contributed by atoms with Gasteiger partial charge in [0.1, 0.15) is 0 Å². The van der Waals surface area contributed by atoms with Crippen molar-refractivity contribution in [3.8, 4) is 5.69 Å². The first kappa shape index (κ1) is 16.2. The summed E-state index contributed by atoms with van der Waals surface area (Å²) >= 11 is 0. The van der Waals surface area contributed by atoms with E-state index in [2.05, 4.69) is 46.0 Å². The van der Waals surface area contributed by atoms with Crippen molar-refractivity contribution in [1.29, 1.82) is 0 Å². The highest BCUT2D eigenvalue weighted by molar-refractivity contribution is 5.34. The third-order valence-corrected chi connectivity index (χ3v) is 4.49. The Morgan fingerprint density at radius 3 is 2.65 bits per heavy atom. The molecule has 1 aliphatic rings. The highest BCUT2D eigenvalue weighted by Crippen LogP contribution is 2.15. The molecule has 2 atom stereocenters. The molecule has 0 amide bonds. The number of hydrogen-bond donors (Lipinski definition) is 1. The number of nitrogens with zero attached hydrogens (tertiary/aromatic N) is 4. The first-order valence-electron chi connectivity index (χ1n) is 8.33. The zero-order chi connectivity index (χ0) is 16.2. The molecular weight excluding hydrogens is 288 g/mol. The molecule has 5 nitrogen and oxygen atoms in total. The third-order valence-electron chi connectivity index (χ3n) is 4.49. The number of aliphatic hydroxyl groups excluding tert-OH is 1. The molecule has 5 heteroatoms. The van der Waals surface area contributed by atoms with Gasteiger partial charge < -0.3 is 9.67 Å². The van der Waals surface area contributed by atoms with Crippen LogP contribution >= 0.6 is 0 Å². The van der Waals surface area contributed by atoms with Crippen molar-refractivity contribution in [3.05, 3.63) is 48.5 Å². The maximum atomic E-state index is 9.57. The second-order valence-corrected chi connectivity index (χ2v) is 6.56. The smallest absolute Gasteiger partial charge is 0.0991 e. The number of aromatic nitrogens is 2. The lowest BCUT2D eigenvalue weighted by atomic mass is 10.1. The van der Waals surface area contributed by atoms with Crippen LogP contribution in [0.3, 0.4) is 0 Å². The van der Waals surface area contributed by atoms with Crippen molar-refractivity contribution in [2.24, 2.45) is 0 Å². The highest BCUT2D eigenvalue weighted by atomic mass is 16.3. The van der Waals surface area contributed by atoms with Gasteiger partial charge in [0.2, 0.25) is 0 Å². The Balaban J connectivity index is 1.56. The summed E-state index contributed by atoms with van der Waals surface area (Å²) in [5.74, 6) is 0. The fourth-order valence-electron chi connectivity index (χ4n) is 3.27. The second-order valence-electron chi connectivity index (χ2n) is 6.56. The van der Waals surface area contributed by atoms with Crippen LogP contribution in [0, 0.1) is 0 Å². The zero-order valence-corrected chi connectivity index (χ0v) is 14.0. The van der Waals surface area contributed by atoms with Crippen LogP contribution in [0.1, 0.15) is 19.4 Å². The summed E-state index contributed by atoms with van der Waals surface area (Å²) in [7, 11) is 0. The summed E-state index contributed by atoms with van der Waals surface area (Å²) < 4.78 is 2.01. The van der Waals surface area contributed by atoms with Gasteiger partial charge in [-0.25, -0.2) is 4.98 Å². The van der Waals surface area contributed by atoms with Gasteiger partial charge in [0.15, 0.2) is 0 Å². The van der Waals surface area contributed by atoms with Crippen molar-refractivity contribution < 1.29 is 5.11 Å². The van der Waals surface area contributed by atoms with Gasteiger partial charge in [0.05, 0.1) is 12.4 Å². The number of β-amino-alcohol motifs (C(OH)–C–C–N with tert-alkyl or cyclic N) is 1. The molecule has 0 aliphatic carbocycles. The molecule has 0 bridgehead atoms. The minimum atomic E-state index is -0.250. The van der Waals surface area contributed by atoms with Crippen molar-refractivity contribution in [2.75, 3.05) is 26.2 Å². The van der Waals surface area contributed by atoms with Crippen molar-refractivity contribution in [2.45, 2.75) is 32.5 Å². The summed E-state index contributed by atoms with van der Waals surface area (Å²) in [4.78, 5) is 8.96. The van der Waals surface area contributed by atoms with E-state index in [9.17, 15) is 5.11 Å². The Kier molecular flexibility index (Phi) is 5.10. The first-order valence-corrected chi connectivity index (χ1v) is 8.33. The molecule has 0 spiro atoms. The van der Waals surface area contributed by atoms with Crippen LogP contribution < -0.4 is 0 Å². The van der Waals surface area contributed by atoms with E-state index in [1.807, 2.05) is 24.0 Å². The lowest BCUT2D eigenvalue weighted by Crippen LogP contribution is -2.53. The van der Waals surface area contributed by atoms with Crippen LogP contribution in [-0.4, -0.2) is 62.8 Å². The standard InChI is InChI=1S/C18H26N4O/c1-15-11-20(9-10-21(15)12-16(2)23)13-17-3-5-18(6-4-17)22-8-7-19-14-22/h3-8,14-16,23H,9-13H2,1-2H3/t15-,16-/m1/s1. The van der Waals surface area contributed by atoms with Gasteiger partial charge in [0, 0.05) is 56.8 Å². The van der Waals surface area contributed by atoms with Gasteiger partial charge in [0.25, 0.3) is 0 Å². The second kappa shape index (κ2) is 7.25. The van der Waals surface area contributed by atoms with E-state index in [1.54, 1.807) is 6.20 Å². The number of benzene rings is 1. The Bertz CT molecular complexity index is 594. The van der Waals surface area contributed by atoms with E-state index in [0.29, 0.717) is 6.04 Å². The van der Waals surface area contributed by atoms with Crippen LogP contribution in [0.15, 0.2) is 43.0 Å². The summed E-state index contributed by atoms with van der Waals surface area (Å²) in [6.45, 7) is 9.00. The molecule has 1 aliphatic heterocycles. The molecule has 0 radical (unpaired) electrons. The molecular formula is C18H26N4O. The number of rotatable bonds is 5. The van der Waals surface area contributed by atoms with Crippen molar-refractivity contribution >= 4 is 0 Å². The van der Waals surface area contributed by atoms with Crippen molar-refractivity contribution in [1.82, 2.24) is 19.4 Å². The summed E-state index contributed by atoms with van der Waals surface area (Å²) in [5.41, 5.74) is 2.48. The maximum absolute atomic E-state index is 9.57. The molecule has 0 unspecified atom stereocenters. The molecule has 1 aromatic heterocycles. The molecule has 2 heterocycles. The predicted octanol–water partition coefficient (Wildman–Crippen LogP) is 1.76. The summed E-state index contributed by atoms with van der Waals surface area (Å²) in [6.07, 6.45) is 5.32. The van der Waals surface area contributed by atoms with E-state index in [0.717, 1.165) is 38.4 Å². The minimum absolute atomic E-state index is 0.250. The molecule has 1 N–H and O–H groups in total. The third kappa shape index (κ3) is 4.19. The first-order chi connectivity index (χ1) is 11.1. The van der Waals surface area contributed by atoms with Crippen LogP contribution in [0.4, 0.5) is 0 Å². The predicted molar refractivity (Wildman–Crippen MR) is 91.6 cm³/mol. The van der Waals surface area contributed by atoms with Gasteiger partial charge in [-0.2, -0.15) is 0 Å². The van der Waals surface area contributed by atoms with Crippen molar-refractivity contribution in [3.63, 3.8) is 0 Å². The number of imidazole rings is 1. The van der Waals surface area contributed by atoms with E-state index in [1.165, 1.54) is 5.56 Å². The maximum Gasteiger partial charge on any atom is 0.0991 e. The lowest BCUT2D eigenvalue weighted by molar-refractivity contribution is 0.0423. The molecule has 1 aromatic carbocycles. The number of aliphatic hydroxyl groups is 1. The fraction of sp³-hybridized carbons (Fsp3) is 0.500. The molecule has 3 rings (SSSR count). The average molecular weight is 314 g/mol. The Morgan fingerprint density at radius 2 is 2.04 bits per heavy atom. The van der Waals surface area contributed by atoms with Crippen LogP contribution in [0.5, 0.6) is 0 Å². The molecule has 2 aromatic rings. The number of hydrogen-bond acceptors (Lipinski definition) is 4. The van der Waals surface area contributed by atoms with E-state index in [4.69, 9.17) is 0 Å². The highest BCUT2D eigenvalue weighted by Gasteiger charge is 2.24. The van der Waals surface area contributed by atoms with E-state index < -0.39 is 0 Å². The quantitative estimate of drug-likeness (QED) is 0.913. The van der Waals surface area contributed by atoms with Gasteiger partial charge in [-0.15, -0.1) is 0 Å². The minimum Gasteiger partial charge on any atom is -0.392 e. The fourth-order valence-corrected chi connectivity index (χ4v) is 3.27. The van der Waals surface area contributed by atoms with E-state index in [-0.39, 0.29) is 6.10 Å². The Morgan fingerprint density at radius 1 is 1.26 bits per heavy atom. The Labute approximate surface area is 138 Å². The van der Waals surface area contributed by atoms with Gasteiger partial charge in [-0.1, -0.05) is 12.1 Å². The van der Waals surface area contributed by atoms with Crippen LogP contribution in [0.25, 0.3) is 5.69 Å². The van der Waals surface area contributed by atoms with Gasteiger partial charge >= 0.3 is 0 Å². The zero-order valence-electron chi connectivity index (χ0n) is 14.0. The molecule has 23 heavy (non-hydrogen) atoms. The van der Waals surface area contributed by atoms with Gasteiger partial charge in [-0.3, -0.25) is 9.80 Å². The summed E-state index contributed by atoms with van der Waals surface area (Å²) in [6, 6.07) is 9.17. The van der Waals surface area contributed by atoms with E-state index >= 15 is 0 Å². The topological polar surface area (TPSA) is 44.5 Å². The molecule has 0 saturated carbocycles. The normalized spacial score (nSPS) is 21.4. The molecule has 1 saturated heterocycles. The number of piperazine rings is 1. The monoisotopic (exact) mass is 314 g/mol. The molecule has 1 fully saturated rings.